The van der Waals surface area contributed by atoms with Crippen LogP contribution in [0.4, 0.5) is 4.79 Å². The molecule has 23 heavy (non-hydrogen) atoms. The van der Waals surface area contributed by atoms with Crippen molar-refractivity contribution in [1.29, 1.82) is 0 Å². The van der Waals surface area contributed by atoms with Crippen molar-refractivity contribution < 1.29 is 19.2 Å². The van der Waals surface area contributed by atoms with E-state index >= 15 is 0 Å². The van der Waals surface area contributed by atoms with Crippen molar-refractivity contribution >= 4 is 17.8 Å². The minimum Gasteiger partial charge on any atom is -0.463 e. The predicted molar refractivity (Wildman–Crippen MR) is 90.1 cm³/mol. The first-order chi connectivity index (χ1) is 10.6. The smallest absolute Gasteiger partial charge is 0.433 e. The van der Waals surface area contributed by atoms with Crippen LogP contribution < -0.4 is 11.1 Å². The quantitative estimate of drug-likeness (QED) is 0.234. The predicted octanol–water partition coefficient (Wildman–Crippen LogP) is 2.44. The maximum atomic E-state index is 12.4. The Balaban J connectivity index is 4.31. The number of rotatable bonds is 8. The molecule has 0 aliphatic carbocycles. The zero-order chi connectivity index (χ0) is 18.1. The fourth-order valence-electron chi connectivity index (χ4n) is 1.74. The van der Waals surface area contributed by atoms with Gasteiger partial charge in [-0.15, -0.1) is 0 Å². The lowest BCUT2D eigenvalue weighted by Crippen LogP contribution is -2.43. The molecule has 1 atom stereocenters. The van der Waals surface area contributed by atoms with Gasteiger partial charge in [0, 0.05) is 0 Å². The van der Waals surface area contributed by atoms with Crippen molar-refractivity contribution in [3.63, 3.8) is 0 Å². The molecule has 0 heterocycles. The van der Waals surface area contributed by atoms with Gasteiger partial charge in [-0.3, -0.25) is 9.63 Å². The lowest BCUT2D eigenvalue weighted by molar-refractivity contribution is -0.162. The molecule has 0 spiro atoms. The maximum absolute atomic E-state index is 12.4. The summed E-state index contributed by atoms with van der Waals surface area (Å²) in [7, 11) is 0. The topological polar surface area (TPSA) is 103 Å². The van der Waals surface area contributed by atoms with Gasteiger partial charge in [0.2, 0.25) is 0 Å². The van der Waals surface area contributed by atoms with Gasteiger partial charge in [0.1, 0.15) is 6.61 Å². The molecule has 0 rings (SSSR count). The van der Waals surface area contributed by atoms with Crippen LogP contribution in [0.25, 0.3) is 0 Å². The molecule has 3 N–H and O–H groups in total. The summed E-state index contributed by atoms with van der Waals surface area (Å²) in [4.78, 5) is 28.4. The minimum atomic E-state index is -0.676. The van der Waals surface area contributed by atoms with Gasteiger partial charge in [0.05, 0.1) is 17.7 Å². The third kappa shape index (κ3) is 6.99. The molecular weight excluding hydrogens is 298 g/mol. The molecule has 7 heteroatoms. The Morgan fingerprint density at radius 2 is 1.83 bits per heavy atom. The van der Waals surface area contributed by atoms with Crippen LogP contribution in [0.15, 0.2) is 5.16 Å². The van der Waals surface area contributed by atoms with Crippen molar-refractivity contribution in [2.75, 3.05) is 19.7 Å². The van der Waals surface area contributed by atoms with Crippen molar-refractivity contribution in [2.24, 2.45) is 21.7 Å². The Hall–Kier alpha value is -1.63. The summed E-state index contributed by atoms with van der Waals surface area (Å²) >= 11 is 0. The molecule has 7 nitrogen and oxygen atoms in total. The largest absolute Gasteiger partial charge is 0.463 e. The third-order valence-corrected chi connectivity index (χ3v) is 4.15. The van der Waals surface area contributed by atoms with E-state index in [2.05, 4.69) is 15.3 Å². The highest BCUT2D eigenvalue weighted by Crippen LogP contribution is 2.42. The lowest BCUT2D eigenvalue weighted by atomic mass is 9.66. The number of ether oxygens (including phenoxy) is 1. The van der Waals surface area contributed by atoms with E-state index in [9.17, 15) is 9.59 Å². The molecule has 1 unspecified atom stereocenters. The SMILES string of the molecule is CC/C(C)=N\OC(=O)NCCOC(=O)C(C)(CCN)C(C)(C)C. The van der Waals surface area contributed by atoms with Crippen LogP contribution in [0.1, 0.15) is 54.4 Å². The first-order valence-electron chi connectivity index (χ1n) is 7.94. The second kappa shape index (κ2) is 9.50. The second-order valence-corrected chi connectivity index (χ2v) is 6.74. The van der Waals surface area contributed by atoms with Crippen LogP contribution >= 0.6 is 0 Å². The van der Waals surface area contributed by atoms with Crippen LogP contribution in [0.5, 0.6) is 0 Å². The average Bonchev–Trinajstić information content (AvgIpc) is 2.47. The Bertz CT molecular complexity index is 430. The summed E-state index contributed by atoms with van der Waals surface area (Å²) in [6, 6.07) is 0. The maximum Gasteiger partial charge on any atom is 0.433 e. The highest BCUT2D eigenvalue weighted by molar-refractivity contribution is 5.81. The molecule has 134 valence electrons. The molecular formula is C16H31N3O4. The van der Waals surface area contributed by atoms with Gasteiger partial charge in [-0.05, 0) is 38.6 Å². The molecule has 0 fully saturated rings. The van der Waals surface area contributed by atoms with Crippen LogP contribution in [0, 0.1) is 10.8 Å². The van der Waals surface area contributed by atoms with Gasteiger partial charge in [0.15, 0.2) is 0 Å². The Labute approximate surface area is 139 Å². The molecule has 0 radical (unpaired) electrons. The molecule has 0 aliphatic rings. The van der Waals surface area contributed by atoms with Gasteiger partial charge in [0.25, 0.3) is 0 Å². The third-order valence-electron chi connectivity index (χ3n) is 4.15. The number of hydrogen-bond acceptors (Lipinski definition) is 6. The molecule has 0 aromatic heterocycles. The number of nitrogens with zero attached hydrogens (tertiary/aromatic N) is 1. The van der Waals surface area contributed by atoms with E-state index in [0.717, 1.165) is 0 Å². The Morgan fingerprint density at radius 3 is 2.30 bits per heavy atom. The molecule has 1 amide bonds. The van der Waals surface area contributed by atoms with Gasteiger partial charge < -0.3 is 15.8 Å². The van der Waals surface area contributed by atoms with Gasteiger partial charge in [-0.1, -0.05) is 32.9 Å². The lowest BCUT2D eigenvalue weighted by Gasteiger charge is -2.39. The molecule has 0 bridgehead atoms. The fourth-order valence-corrected chi connectivity index (χ4v) is 1.74. The zero-order valence-electron chi connectivity index (χ0n) is 15.2. The summed E-state index contributed by atoms with van der Waals surface area (Å²) in [6.07, 6.45) is 0.571. The van der Waals surface area contributed by atoms with Gasteiger partial charge in [-0.2, -0.15) is 0 Å². The number of hydrogen-bond donors (Lipinski definition) is 2. The van der Waals surface area contributed by atoms with E-state index in [1.54, 1.807) is 6.92 Å². The molecule has 0 saturated carbocycles. The summed E-state index contributed by atoms with van der Waals surface area (Å²) in [5.41, 5.74) is 5.38. The molecule has 0 aliphatic heterocycles. The number of carbonyl (C=O) groups excluding carboxylic acids is 2. The average molecular weight is 329 g/mol. The Kier molecular flexibility index (Phi) is 8.82. The number of oxime groups is 1. The summed E-state index contributed by atoms with van der Waals surface area (Å²) in [5.74, 6) is -0.314. The van der Waals surface area contributed by atoms with Crippen molar-refractivity contribution in [1.82, 2.24) is 5.32 Å². The summed E-state index contributed by atoms with van der Waals surface area (Å²) < 4.78 is 5.28. The van der Waals surface area contributed by atoms with E-state index in [1.165, 1.54) is 0 Å². The van der Waals surface area contributed by atoms with E-state index in [-0.39, 0.29) is 24.5 Å². The minimum absolute atomic E-state index is 0.0701. The summed E-state index contributed by atoms with van der Waals surface area (Å²) in [6.45, 7) is 12.1. The molecule has 0 aromatic carbocycles. The first kappa shape index (κ1) is 21.4. The standard InChI is InChI=1S/C16H31N3O4/c1-7-12(2)19-23-14(21)18-10-11-22-13(20)16(6,8-9-17)15(3,4)5/h7-11,17H2,1-6H3,(H,18,21)/b19-12-. The normalized spacial score (nSPS) is 14.8. The number of carbonyl (C=O) groups is 2. The fraction of sp³-hybridized carbons (Fsp3) is 0.812. The van der Waals surface area contributed by atoms with Crippen LogP contribution in [0.3, 0.4) is 0 Å². The first-order valence-corrected chi connectivity index (χ1v) is 7.94. The summed E-state index contributed by atoms with van der Waals surface area (Å²) in [5, 5.41) is 6.10. The number of esters is 1. The van der Waals surface area contributed by atoms with E-state index in [4.69, 9.17) is 10.5 Å². The number of nitrogens with one attached hydrogen (secondary N) is 1. The zero-order valence-corrected chi connectivity index (χ0v) is 15.2. The number of nitrogens with two attached hydrogens (primary N) is 1. The second-order valence-electron chi connectivity index (χ2n) is 6.74. The highest BCUT2D eigenvalue weighted by Gasteiger charge is 2.44. The highest BCUT2D eigenvalue weighted by atomic mass is 16.7. The monoisotopic (exact) mass is 329 g/mol. The van der Waals surface area contributed by atoms with Gasteiger partial charge >= 0.3 is 12.1 Å². The van der Waals surface area contributed by atoms with Crippen molar-refractivity contribution in [2.45, 2.75) is 54.4 Å². The number of amides is 1. The van der Waals surface area contributed by atoms with Crippen molar-refractivity contribution in [3.05, 3.63) is 0 Å². The van der Waals surface area contributed by atoms with E-state index in [1.807, 2.05) is 34.6 Å². The van der Waals surface area contributed by atoms with Crippen LogP contribution in [-0.2, 0) is 14.4 Å². The molecule has 0 saturated heterocycles. The van der Waals surface area contributed by atoms with E-state index < -0.39 is 11.5 Å². The molecule has 0 aromatic rings. The van der Waals surface area contributed by atoms with E-state index in [0.29, 0.717) is 25.1 Å². The van der Waals surface area contributed by atoms with Gasteiger partial charge in [-0.25, -0.2) is 4.79 Å². The van der Waals surface area contributed by atoms with Crippen LogP contribution in [0.2, 0.25) is 0 Å². The Morgan fingerprint density at radius 1 is 1.22 bits per heavy atom. The van der Waals surface area contributed by atoms with Crippen LogP contribution in [-0.4, -0.2) is 37.5 Å². The van der Waals surface area contributed by atoms with Crippen molar-refractivity contribution in [3.8, 4) is 0 Å².